The Morgan fingerprint density at radius 1 is 0.788 bits per heavy atom. The van der Waals surface area contributed by atoms with Crippen LogP contribution in [0.1, 0.15) is 105 Å². The molecule has 0 unspecified atom stereocenters. The highest BCUT2D eigenvalue weighted by atomic mass is 32.2. The zero-order valence-electron chi connectivity index (χ0n) is 20.7. The van der Waals surface area contributed by atoms with Crippen molar-refractivity contribution in [3.05, 3.63) is 63.7 Å². The summed E-state index contributed by atoms with van der Waals surface area (Å²) in [6.45, 7) is 5.32. The number of benzene rings is 2. The second-order valence-corrected chi connectivity index (χ2v) is 12.1. The summed E-state index contributed by atoms with van der Waals surface area (Å²) in [5.74, 6) is 0. The minimum atomic E-state index is -3.49. The first-order valence-corrected chi connectivity index (χ1v) is 14.7. The second-order valence-electron chi connectivity index (χ2n) is 10.1. The largest absolute Gasteiger partial charge is 0.243 e. The van der Waals surface area contributed by atoms with Gasteiger partial charge in [-0.3, -0.25) is 0 Å². The number of sulfonamides is 1. The number of hydrogen-bond acceptors (Lipinski definition) is 2. The first-order valence-electron chi connectivity index (χ1n) is 13.2. The van der Waals surface area contributed by atoms with E-state index in [9.17, 15) is 8.42 Å². The quantitative estimate of drug-likeness (QED) is 0.464. The minimum absolute atomic E-state index is 0.418. The molecule has 1 aliphatic heterocycles. The van der Waals surface area contributed by atoms with Crippen LogP contribution in [0, 0.1) is 6.92 Å². The number of unbranched alkanes of at least 4 members (excludes halogenated alkanes) is 1. The lowest BCUT2D eigenvalue weighted by Gasteiger charge is -2.19. The Morgan fingerprint density at radius 3 is 2.06 bits per heavy atom. The molecule has 0 atom stereocenters. The van der Waals surface area contributed by atoms with Gasteiger partial charge in [-0.05, 0) is 85.4 Å². The van der Waals surface area contributed by atoms with Crippen LogP contribution in [0.25, 0.3) is 0 Å². The molecule has 0 fully saturated rings. The molecule has 2 aromatic rings. The second kappa shape index (κ2) is 11.2. The molecule has 4 rings (SSSR count). The summed E-state index contributed by atoms with van der Waals surface area (Å²) in [4.78, 5) is 0.418. The fraction of sp³-hybridized carbons (Fsp3) is 0.586. The summed E-state index contributed by atoms with van der Waals surface area (Å²) in [7, 11) is -3.49. The summed E-state index contributed by atoms with van der Waals surface area (Å²) < 4.78 is 28.8. The van der Waals surface area contributed by atoms with Crippen molar-refractivity contribution in [2.45, 2.75) is 115 Å². The van der Waals surface area contributed by atoms with E-state index in [0.717, 1.165) is 24.8 Å². The predicted octanol–water partition coefficient (Wildman–Crippen LogP) is 7.26. The standard InChI is InChI=1S/C29H41NO2S/c1-3-4-13-24-20-25-14-11-9-7-5-6-8-10-12-15-27(24)29-22-30(21-28(25)29)33(31,32)26-18-16-23(2)17-19-26/h16-20H,3-15,21-22H2,1-2H3. The monoisotopic (exact) mass is 467 g/mol. The zero-order valence-corrected chi connectivity index (χ0v) is 21.5. The fourth-order valence-corrected chi connectivity index (χ4v) is 6.96. The normalized spacial score (nSPS) is 18.2. The molecule has 0 aromatic heterocycles. The van der Waals surface area contributed by atoms with Gasteiger partial charge in [0.05, 0.1) is 4.90 Å². The van der Waals surface area contributed by atoms with E-state index in [-0.39, 0.29) is 0 Å². The van der Waals surface area contributed by atoms with Crippen LogP contribution in [0.5, 0.6) is 0 Å². The van der Waals surface area contributed by atoms with Gasteiger partial charge in [-0.15, -0.1) is 0 Å². The van der Waals surface area contributed by atoms with E-state index in [1.54, 1.807) is 16.4 Å². The molecule has 2 aliphatic rings. The molecular weight excluding hydrogens is 426 g/mol. The third-order valence-electron chi connectivity index (χ3n) is 7.60. The highest BCUT2D eigenvalue weighted by Gasteiger charge is 2.34. The highest BCUT2D eigenvalue weighted by molar-refractivity contribution is 7.89. The lowest BCUT2D eigenvalue weighted by atomic mass is 9.86. The predicted molar refractivity (Wildman–Crippen MR) is 137 cm³/mol. The lowest BCUT2D eigenvalue weighted by molar-refractivity contribution is 0.430. The van der Waals surface area contributed by atoms with Gasteiger partial charge in [0, 0.05) is 13.1 Å². The SMILES string of the molecule is CCCCc1cc2c3c(c1CCCCCCCCCC2)CN(S(=O)(=O)c1ccc(C)cc1)C3. The third-order valence-corrected chi connectivity index (χ3v) is 9.41. The van der Waals surface area contributed by atoms with Crippen LogP contribution in [-0.2, 0) is 42.4 Å². The van der Waals surface area contributed by atoms with Gasteiger partial charge in [-0.1, -0.05) is 75.6 Å². The molecule has 0 N–H and O–H groups in total. The maximum absolute atomic E-state index is 13.5. The Morgan fingerprint density at radius 2 is 1.39 bits per heavy atom. The van der Waals surface area contributed by atoms with Crippen LogP contribution in [0.15, 0.2) is 35.2 Å². The third kappa shape index (κ3) is 5.71. The van der Waals surface area contributed by atoms with Crippen molar-refractivity contribution in [1.82, 2.24) is 4.31 Å². The highest BCUT2D eigenvalue weighted by Crippen LogP contribution is 2.37. The van der Waals surface area contributed by atoms with Gasteiger partial charge in [0.2, 0.25) is 10.0 Å². The summed E-state index contributed by atoms with van der Waals surface area (Å²) >= 11 is 0. The Kier molecular flexibility index (Phi) is 8.29. The topological polar surface area (TPSA) is 37.4 Å². The van der Waals surface area contributed by atoms with E-state index in [2.05, 4.69) is 13.0 Å². The van der Waals surface area contributed by atoms with Crippen LogP contribution in [0.4, 0.5) is 0 Å². The van der Waals surface area contributed by atoms with Crippen molar-refractivity contribution < 1.29 is 8.42 Å². The lowest BCUT2D eigenvalue weighted by Crippen LogP contribution is -2.25. The van der Waals surface area contributed by atoms with Gasteiger partial charge in [0.25, 0.3) is 0 Å². The maximum Gasteiger partial charge on any atom is 0.243 e. The molecule has 4 heteroatoms. The molecular formula is C29H41NO2S. The summed E-state index contributed by atoms with van der Waals surface area (Å²) in [6.07, 6.45) is 16.1. The van der Waals surface area contributed by atoms with Crippen LogP contribution in [-0.4, -0.2) is 12.7 Å². The van der Waals surface area contributed by atoms with Gasteiger partial charge < -0.3 is 0 Å². The smallest absolute Gasteiger partial charge is 0.207 e. The average Bonchev–Trinajstić information content (AvgIpc) is 3.26. The van der Waals surface area contributed by atoms with E-state index in [1.165, 1.54) is 92.0 Å². The van der Waals surface area contributed by atoms with Crippen LogP contribution < -0.4 is 0 Å². The Bertz CT molecular complexity index is 1040. The van der Waals surface area contributed by atoms with Crippen molar-refractivity contribution >= 4 is 10.0 Å². The molecule has 180 valence electrons. The molecule has 33 heavy (non-hydrogen) atoms. The van der Waals surface area contributed by atoms with Crippen LogP contribution >= 0.6 is 0 Å². The van der Waals surface area contributed by atoms with E-state index < -0.39 is 10.0 Å². The van der Waals surface area contributed by atoms with Gasteiger partial charge in [0.1, 0.15) is 0 Å². The molecule has 3 nitrogen and oxygen atoms in total. The number of aryl methyl sites for hydroxylation is 3. The first-order chi connectivity index (χ1) is 16.0. The van der Waals surface area contributed by atoms with E-state index in [0.29, 0.717) is 18.0 Å². The molecule has 0 radical (unpaired) electrons. The molecule has 2 bridgehead atoms. The Balaban J connectivity index is 1.71. The average molecular weight is 468 g/mol. The van der Waals surface area contributed by atoms with Crippen LogP contribution in [0.2, 0.25) is 0 Å². The molecule has 0 saturated heterocycles. The van der Waals surface area contributed by atoms with Gasteiger partial charge in [-0.2, -0.15) is 4.31 Å². The zero-order chi connectivity index (χ0) is 23.3. The number of rotatable bonds is 5. The molecule has 0 amide bonds. The molecule has 0 spiro atoms. The molecule has 1 heterocycles. The summed E-state index contributed by atoms with van der Waals surface area (Å²) in [6, 6.07) is 9.79. The van der Waals surface area contributed by atoms with Crippen molar-refractivity contribution in [2.24, 2.45) is 0 Å². The van der Waals surface area contributed by atoms with E-state index >= 15 is 0 Å². The van der Waals surface area contributed by atoms with E-state index in [4.69, 9.17) is 0 Å². The Hall–Kier alpha value is -1.65. The van der Waals surface area contributed by atoms with Crippen molar-refractivity contribution in [3.63, 3.8) is 0 Å². The van der Waals surface area contributed by atoms with Crippen molar-refractivity contribution in [3.8, 4) is 0 Å². The molecule has 2 aromatic carbocycles. The maximum atomic E-state index is 13.5. The first kappa shape index (κ1) is 24.5. The van der Waals surface area contributed by atoms with Gasteiger partial charge in [-0.25, -0.2) is 8.42 Å². The summed E-state index contributed by atoms with van der Waals surface area (Å²) in [5, 5.41) is 0. The van der Waals surface area contributed by atoms with Crippen LogP contribution in [0.3, 0.4) is 0 Å². The van der Waals surface area contributed by atoms with E-state index in [1.807, 2.05) is 19.1 Å². The van der Waals surface area contributed by atoms with Crippen molar-refractivity contribution in [1.29, 1.82) is 0 Å². The minimum Gasteiger partial charge on any atom is -0.207 e. The molecule has 1 aliphatic carbocycles. The molecule has 0 saturated carbocycles. The van der Waals surface area contributed by atoms with Gasteiger partial charge in [0.15, 0.2) is 0 Å². The van der Waals surface area contributed by atoms with Crippen molar-refractivity contribution in [2.75, 3.05) is 0 Å². The fourth-order valence-electron chi connectivity index (χ4n) is 5.58. The summed E-state index contributed by atoms with van der Waals surface area (Å²) in [5.41, 5.74) is 8.13. The number of hydrogen-bond donors (Lipinski definition) is 0. The Labute approximate surface area is 201 Å². The van der Waals surface area contributed by atoms with Gasteiger partial charge >= 0.3 is 0 Å². The number of nitrogens with zero attached hydrogens (tertiary/aromatic N) is 1.